The fourth-order valence-electron chi connectivity index (χ4n) is 4.44. The van der Waals surface area contributed by atoms with E-state index < -0.39 is 0 Å². The number of nitrogens with one attached hydrogen (secondary N) is 1. The maximum Gasteiger partial charge on any atom is 0.325 e. The predicted octanol–water partition coefficient (Wildman–Crippen LogP) is 3.78. The molecule has 0 amide bonds. The van der Waals surface area contributed by atoms with Crippen LogP contribution in [0.3, 0.4) is 0 Å². The quantitative estimate of drug-likeness (QED) is 0.471. The summed E-state index contributed by atoms with van der Waals surface area (Å²) in [5, 5.41) is 3.38. The fourth-order valence-corrected chi connectivity index (χ4v) is 4.44. The highest BCUT2D eigenvalue weighted by atomic mass is 16.5. The van der Waals surface area contributed by atoms with Crippen molar-refractivity contribution in [1.29, 1.82) is 0 Å². The van der Waals surface area contributed by atoms with Gasteiger partial charge in [0.2, 0.25) is 0 Å². The van der Waals surface area contributed by atoms with Crippen molar-refractivity contribution < 1.29 is 13.9 Å². The zero-order valence-electron chi connectivity index (χ0n) is 17.2. The van der Waals surface area contributed by atoms with Gasteiger partial charge < -0.3 is 9.15 Å². The molecule has 1 unspecified atom stereocenters. The molecule has 0 aliphatic heterocycles. The minimum absolute atomic E-state index is 0.0181. The number of methoxy groups -OCH3 is 1. The van der Waals surface area contributed by atoms with Gasteiger partial charge in [-0.25, -0.2) is 4.98 Å². The third kappa shape index (κ3) is 2.76. The SMILES string of the molecule is COc1ccc(C2CC(=O)c3cnc4[nH]n(-c5nc6ccccc6o5)c(=O)c4c3C2)cc1. The molecule has 3 aromatic heterocycles. The van der Waals surface area contributed by atoms with E-state index in [0.29, 0.717) is 46.1 Å². The van der Waals surface area contributed by atoms with Crippen LogP contribution in [0.1, 0.15) is 33.8 Å². The van der Waals surface area contributed by atoms with Crippen LogP contribution < -0.4 is 10.3 Å². The van der Waals surface area contributed by atoms with Gasteiger partial charge in [0.05, 0.1) is 12.5 Å². The first kappa shape index (κ1) is 18.6. The Morgan fingerprint density at radius 1 is 1.09 bits per heavy atom. The first-order valence-electron chi connectivity index (χ1n) is 10.3. The third-order valence-electron chi connectivity index (χ3n) is 6.06. The van der Waals surface area contributed by atoms with Crippen LogP contribution in [0.2, 0.25) is 0 Å². The molecule has 5 aromatic rings. The number of para-hydroxylation sites is 2. The second kappa shape index (κ2) is 6.91. The predicted molar refractivity (Wildman–Crippen MR) is 118 cm³/mol. The molecule has 0 saturated heterocycles. The van der Waals surface area contributed by atoms with E-state index in [4.69, 9.17) is 9.15 Å². The van der Waals surface area contributed by atoms with Crippen LogP contribution in [0, 0.1) is 0 Å². The Kier molecular flexibility index (Phi) is 4.01. The number of H-pyrrole nitrogens is 1. The molecule has 0 spiro atoms. The first-order valence-corrected chi connectivity index (χ1v) is 10.3. The minimum Gasteiger partial charge on any atom is -0.497 e. The number of fused-ring (bicyclic) bond motifs is 4. The lowest BCUT2D eigenvalue weighted by atomic mass is 9.79. The number of ether oxygens (including phenoxy) is 1. The highest BCUT2D eigenvalue weighted by Crippen LogP contribution is 2.35. The Morgan fingerprint density at radius 3 is 2.69 bits per heavy atom. The fraction of sp³-hybridized carbons (Fsp3) is 0.167. The van der Waals surface area contributed by atoms with E-state index in [2.05, 4.69) is 15.1 Å². The highest BCUT2D eigenvalue weighted by Gasteiger charge is 2.30. The molecule has 1 N–H and O–H groups in total. The molecular formula is C24H18N4O4. The molecule has 0 fully saturated rings. The zero-order chi connectivity index (χ0) is 21.8. The third-order valence-corrected chi connectivity index (χ3v) is 6.06. The molecule has 0 radical (unpaired) electrons. The molecule has 0 saturated carbocycles. The summed E-state index contributed by atoms with van der Waals surface area (Å²) in [5.41, 5.74) is 3.55. The molecular weight excluding hydrogens is 408 g/mol. The van der Waals surface area contributed by atoms with E-state index in [0.717, 1.165) is 11.3 Å². The summed E-state index contributed by atoms with van der Waals surface area (Å²) in [6.45, 7) is 0. The number of hydrogen-bond acceptors (Lipinski definition) is 6. The number of carbonyl (C=O) groups excluding carboxylic acids is 1. The second-order valence-electron chi connectivity index (χ2n) is 7.89. The van der Waals surface area contributed by atoms with Gasteiger partial charge in [0.1, 0.15) is 11.3 Å². The van der Waals surface area contributed by atoms with Crippen molar-refractivity contribution in [2.24, 2.45) is 0 Å². The number of hydrogen-bond donors (Lipinski definition) is 1. The number of aromatic amines is 1. The maximum absolute atomic E-state index is 13.4. The van der Waals surface area contributed by atoms with Gasteiger partial charge in [0.15, 0.2) is 17.0 Å². The van der Waals surface area contributed by atoms with E-state index in [9.17, 15) is 9.59 Å². The zero-order valence-corrected chi connectivity index (χ0v) is 17.2. The molecule has 158 valence electrons. The van der Waals surface area contributed by atoms with Crippen molar-refractivity contribution in [3.05, 3.63) is 81.8 Å². The molecule has 1 atom stereocenters. The van der Waals surface area contributed by atoms with Gasteiger partial charge in [-0.1, -0.05) is 24.3 Å². The van der Waals surface area contributed by atoms with Crippen LogP contribution in [0.4, 0.5) is 0 Å². The van der Waals surface area contributed by atoms with Crippen LogP contribution >= 0.6 is 0 Å². The summed E-state index contributed by atoms with van der Waals surface area (Å²) >= 11 is 0. The lowest BCUT2D eigenvalue weighted by molar-refractivity contribution is 0.0964. The number of oxazole rings is 1. The highest BCUT2D eigenvalue weighted by molar-refractivity contribution is 6.02. The molecule has 6 rings (SSSR count). The Morgan fingerprint density at radius 2 is 1.91 bits per heavy atom. The summed E-state index contributed by atoms with van der Waals surface area (Å²) in [7, 11) is 1.62. The number of carbonyl (C=O) groups is 1. The molecule has 0 bridgehead atoms. The van der Waals surface area contributed by atoms with Gasteiger partial charge in [-0.3, -0.25) is 14.7 Å². The lowest BCUT2D eigenvalue weighted by Gasteiger charge is -2.24. The Hall–Kier alpha value is -4.20. The van der Waals surface area contributed by atoms with Crippen LogP contribution in [0.15, 0.2) is 63.9 Å². The molecule has 8 nitrogen and oxygen atoms in total. The van der Waals surface area contributed by atoms with Gasteiger partial charge in [-0.05, 0) is 47.7 Å². The summed E-state index contributed by atoms with van der Waals surface area (Å²) in [6, 6.07) is 15.1. The first-order chi connectivity index (χ1) is 15.6. The van der Waals surface area contributed by atoms with Crippen molar-refractivity contribution in [2.75, 3.05) is 7.11 Å². The molecule has 1 aliphatic carbocycles. The second-order valence-corrected chi connectivity index (χ2v) is 7.89. The van der Waals surface area contributed by atoms with E-state index in [-0.39, 0.29) is 23.3 Å². The smallest absolute Gasteiger partial charge is 0.325 e. The standard InChI is InChI=1S/C24H18N4O4/c1-31-15-8-6-13(7-9-15)14-10-16-17(19(29)11-14)12-25-22-21(16)23(30)28(27-22)24-26-18-4-2-3-5-20(18)32-24/h2-9,12,14H,10-11H2,1H3,(H,25,27). The van der Waals surface area contributed by atoms with E-state index in [1.54, 1.807) is 19.4 Å². The van der Waals surface area contributed by atoms with Gasteiger partial charge in [0.25, 0.3) is 5.56 Å². The van der Waals surface area contributed by atoms with Crippen LogP contribution in [-0.2, 0) is 6.42 Å². The number of aromatic nitrogens is 4. The van der Waals surface area contributed by atoms with Gasteiger partial charge in [0, 0.05) is 18.2 Å². The van der Waals surface area contributed by atoms with Crippen LogP contribution in [0.25, 0.3) is 28.1 Å². The van der Waals surface area contributed by atoms with E-state index in [1.165, 1.54) is 4.68 Å². The summed E-state index contributed by atoms with van der Waals surface area (Å²) in [5.74, 6) is 0.712. The number of Topliss-reactive ketones (excluding diaryl/α,β-unsaturated/α-hetero) is 1. The molecule has 32 heavy (non-hydrogen) atoms. The van der Waals surface area contributed by atoms with Gasteiger partial charge >= 0.3 is 6.01 Å². The summed E-state index contributed by atoms with van der Waals surface area (Å²) < 4.78 is 12.2. The van der Waals surface area contributed by atoms with Crippen LogP contribution in [-0.4, -0.2) is 32.6 Å². The Balaban J connectivity index is 1.48. The molecule has 3 heterocycles. The number of ketones is 1. The average molecular weight is 426 g/mol. The monoisotopic (exact) mass is 426 g/mol. The van der Waals surface area contributed by atoms with Crippen molar-refractivity contribution in [1.82, 2.24) is 19.7 Å². The summed E-state index contributed by atoms with van der Waals surface area (Å²) in [6.07, 6.45) is 2.49. The van der Waals surface area contributed by atoms with Crippen molar-refractivity contribution in [3.63, 3.8) is 0 Å². The molecule has 2 aromatic carbocycles. The Labute approximate surface area is 181 Å². The van der Waals surface area contributed by atoms with E-state index >= 15 is 0 Å². The lowest BCUT2D eigenvalue weighted by Crippen LogP contribution is -2.22. The maximum atomic E-state index is 13.4. The van der Waals surface area contributed by atoms with Crippen molar-refractivity contribution >= 4 is 27.9 Å². The van der Waals surface area contributed by atoms with Crippen LogP contribution in [0.5, 0.6) is 5.75 Å². The normalized spacial score (nSPS) is 15.9. The Bertz CT molecular complexity index is 1530. The number of nitrogens with zero attached hydrogens (tertiary/aromatic N) is 3. The number of benzene rings is 2. The van der Waals surface area contributed by atoms with Crippen molar-refractivity contribution in [2.45, 2.75) is 18.8 Å². The number of pyridine rings is 1. The van der Waals surface area contributed by atoms with Gasteiger partial charge in [-0.15, -0.1) is 0 Å². The topological polar surface area (TPSA) is 103 Å². The van der Waals surface area contributed by atoms with E-state index in [1.807, 2.05) is 42.5 Å². The average Bonchev–Trinajstić information content (AvgIpc) is 3.40. The van der Waals surface area contributed by atoms with Crippen molar-refractivity contribution in [3.8, 4) is 11.8 Å². The number of rotatable bonds is 3. The molecule has 1 aliphatic rings. The largest absolute Gasteiger partial charge is 0.497 e. The van der Waals surface area contributed by atoms with Gasteiger partial charge in [-0.2, -0.15) is 9.67 Å². The minimum atomic E-state index is -0.334. The molecule has 8 heteroatoms. The summed E-state index contributed by atoms with van der Waals surface area (Å²) in [4.78, 5) is 35.0.